The van der Waals surface area contributed by atoms with E-state index in [0.29, 0.717) is 5.02 Å². The lowest BCUT2D eigenvalue weighted by Gasteiger charge is -2.20. The van der Waals surface area contributed by atoms with Gasteiger partial charge in [-0.3, -0.25) is 0 Å². The average molecular weight is 1070 g/mol. The summed E-state index contributed by atoms with van der Waals surface area (Å²) in [5, 5.41) is 0.710. The van der Waals surface area contributed by atoms with Crippen molar-refractivity contribution in [2.45, 2.75) is 13.8 Å². The highest BCUT2D eigenvalue weighted by Crippen LogP contribution is 2.40. The fraction of sp³-hybridized carbons (Fsp3) is 0.129. The van der Waals surface area contributed by atoms with Crippen molar-refractivity contribution in [2.75, 3.05) is 57.0 Å². The fourth-order valence-corrected chi connectivity index (χ4v) is 10.6. The van der Waals surface area contributed by atoms with Crippen LogP contribution in [0.5, 0.6) is 0 Å². The second-order valence-electron chi connectivity index (χ2n) is 19.4. The van der Waals surface area contributed by atoms with Gasteiger partial charge in [-0.15, -0.1) is 13.7 Å². The van der Waals surface area contributed by atoms with Crippen LogP contribution < -0.4 is 65.6 Å². The molecule has 0 atom stereocenters. The van der Waals surface area contributed by atoms with E-state index in [1.165, 1.54) is 0 Å². The van der Waals surface area contributed by atoms with E-state index < -0.39 is 0 Å². The van der Waals surface area contributed by atoms with Crippen LogP contribution in [0.15, 0.2) is 176 Å². The Morgan fingerprint density at radius 2 is 0.747 bits per heavy atom. The Bertz CT molecular complexity index is 4170. The topological polar surface area (TPSA) is 60.0 Å². The first kappa shape index (κ1) is 52.2. The summed E-state index contributed by atoms with van der Waals surface area (Å²) in [4.78, 5) is 22.6. The van der Waals surface area contributed by atoms with E-state index in [4.69, 9.17) is 26.6 Å². The fourth-order valence-electron chi connectivity index (χ4n) is 10.4. The number of hydrogen-bond donors (Lipinski definition) is 0. The van der Waals surface area contributed by atoms with Crippen LogP contribution >= 0.6 is 11.6 Å². The van der Waals surface area contributed by atoms with E-state index in [9.17, 15) is 0 Å². The Morgan fingerprint density at radius 3 is 1.25 bits per heavy atom. The van der Waals surface area contributed by atoms with Crippen LogP contribution in [0.3, 0.4) is 0 Å². The number of aromatic nitrogens is 6. The number of rotatable bonds is 8. The maximum Gasteiger partial charge on any atom is 0.239 e. The predicted molar refractivity (Wildman–Crippen MR) is 298 cm³/mol. The van der Waals surface area contributed by atoms with Gasteiger partial charge in [0.15, 0.2) is 0 Å². The summed E-state index contributed by atoms with van der Waals surface area (Å²) in [7, 11) is 12.6. The Kier molecular flexibility index (Phi) is 14.3. The molecule has 0 aliphatic carbocycles. The zero-order valence-electron chi connectivity index (χ0n) is 42.8. The maximum absolute atomic E-state index is 6.81. The maximum atomic E-state index is 6.81. The Labute approximate surface area is 460 Å². The van der Waals surface area contributed by atoms with E-state index in [2.05, 4.69) is 241 Å². The number of aryl methyl sites for hydroxylation is 2. The summed E-state index contributed by atoms with van der Waals surface area (Å²) in [6.07, 6.45) is 0. The first-order chi connectivity index (χ1) is 34.9. The molecule has 0 bridgehead atoms. The molecule has 13 heteroatoms. The zero-order chi connectivity index (χ0) is 49.5. The summed E-state index contributed by atoms with van der Waals surface area (Å²) in [5.41, 5.74) is 24.2. The van der Waals surface area contributed by atoms with E-state index in [1.807, 2.05) is 19.1 Å². The average Bonchev–Trinajstić information content (AvgIpc) is 3.38. The third kappa shape index (κ3) is 9.04. The number of fused-ring (bicyclic) bond motifs is 6. The van der Waals surface area contributed by atoms with Gasteiger partial charge in [0, 0.05) is 132 Å². The lowest BCUT2D eigenvalue weighted by Crippen LogP contribution is -3.00. The Hall–Kier alpha value is -7.66. The van der Waals surface area contributed by atoms with Gasteiger partial charge >= 0.3 is 0 Å². The number of anilines is 3. The molecule has 9 aromatic carbocycles. The van der Waals surface area contributed by atoms with E-state index in [-0.39, 0.29) is 37.2 Å². The molecule has 0 fully saturated rings. The molecule has 75 heavy (non-hydrogen) atoms. The van der Waals surface area contributed by atoms with Crippen molar-refractivity contribution in [1.82, 2.24) is 15.0 Å². The monoisotopic (exact) mass is 1060 g/mol. The van der Waals surface area contributed by atoms with Crippen LogP contribution in [0.2, 0.25) is 5.02 Å². The van der Waals surface area contributed by atoms with Crippen molar-refractivity contribution < 1.29 is 50.9 Å². The van der Waals surface area contributed by atoms with Gasteiger partial charge in [-0.05, 0) is 78.6 Å². The van der Waals surface area contributed by atoms with Crippen LogP contribution in [-0.2, 0) is 0 Å². The molecule has 0 amide bonds. The van der Waals surface area contributed by atoms with Gasteiger partial charge in [-0.2, -0.15) is 0 Å². The van der Waals surface area contributed by atoms with E-state index in [1.54, 1.807) is 0 Å². The van der Waals surface area contributed by atoms with Gasteiger partial charge in [-0.1, -0.05) is 72.3 Å². The smallest absolute Gasteiger partial charge is 0.239 e. The molecule has 0 saturated heterocycles. The molecule has 0 saturated carbocycles. The summed E-state index contributed by atoms with van der Waals surface area (Å²) < 4.78 is 6.99. The van der Waals surface area contributed by atoms with Crippen molar-refractivity contribution in [3.63, 3.8) is 0 Å². The first-order valence-electron chi connectivity index (χ1n) is 24.2. The van der Waals surface area contributed by atoms with Gasteiger partial charge in [-0.25, -0.2) is 15.0 Å². The molecular weight excluding hydrogens is 1010 g/mol. The van der Waals surface area contributed by atoms with E-state index in [0.717, 1.165) is 134 Å². The highest BCUT2D eigenvalue weighted by molar-refractivity contribution is 6.32. The van der Waals surface area contributed by atoms with Crippen molar-refractivity contribution >= 4 is 94.9 Å². The second-order valence-corrected chi connectivity index (χ2v) is 19.8. The second kappa shape index (κ2) is 20.6. The summed E-state index contributed by atoms with van der Waals surface area (Å²) in [5.74, 6) is 0. The van der Waals surface area contributed by atoms with Gasteiger partial charge in [0.2, 0.25) is 50.2 Å². The largest absolute Gasteiger partial charge is 1.00 e. The van der Waals surface area contributed by atoms with Gasteiger partial charge in [0.25, 0.3) is 0 Å². The molecule has 0 N–H and O–H groups in total. The molecule has 0 aliphatic rings. The van der Waals surface area contributed by atoms with Gasteiger partial charge in [0.1, 0.15) is 33.1 Å². The summed E-state index contributed by atoms with van der Waals surface area (Å²) >= 11 is 6.81. The lowest BCUT2D eigenvalue weighted by molar-refractivity contribution is -0.538. The standard InChI is InChI=1S/C62H53ClN9.3ClH/c1-38-28-51-59(34-45(38)47-33-54-62(37-56(47)69(7)8)72(43-22-16-11-17-23-43)60-35-48(63)39(2)29-52(60)66-54)71(42-20-14-10-15-21-42)61-36-55(68(5)6)46(32-53(61)65-51)40-24-26-49-57(30-40)70(41-18-12-9-13-19-41)58-31-44(67(3)4)25-27-50(58)64-49;;;/h9-37H,1-8H3;3*1H/q+3;;;/p-3. The van der Waals surface area contributed by atoms with Crippen LogP contribution in [0.1, 0.15) is 11.1 Å². The van der Waals surface area contributed by atoms with Crippen molar-refractivity contribution in [3.8, 4) is 39.3 Å². The molecular formula is C62H53Cl4N9. The predicted octanol–water partition coefficient (Wildman–Crippen LogP) is 3.44. The molecule has 9 nitrogen and oxygen atoms in total. The minimum Gasteiger partial charge on any atom is -1.00 e. The number of benzene rings is 9. The lowest BCUT2D eigenvalue weighted by atomic mass is 9.96. The quantitative estimate of drug-likeness (QED) is 0.172. The molecule has 3 aromatic heterocycles. The van der Waals surface area contributed by atoms with Gasteiger partial charge < -0.3 is 51.9 Å². The summed E-state index contributed by atoms with van der Waals surface area (Å²) in [6.45, 7) is 4.23. The highest BCUT2D eigenvalue weighted by atomic mass is 35.5. The van der Waals surface area contributed by atoms with Crippen LogP contribution in [0.4, 0.5) is 17.1 Å². The number of hydrogen-bond acceptors (Lipinski definition) is 6. The van der Waals surface area contributed by atoms with Crippen molar-refractivity contribution in [3.05, 3.63) is 192 Å². The molecule has 12 aromatic rings. The van der Waals surface area contributed by atoms with Gasteiger partial charge in [0.05, 0.1) is 16.4 Å². The number of halogens is 4. The third-order valence-corrected chi connectivity index (χ3v) is 14.4. The third-order valence-electron chi connectivity index (χ3n) is 14.0. The minimum atomic E-state index is 0. The van der Waals surface area contributed by atoms with Crippen molar-refractivity contribution in [1.29, 1.82) is 0 Å². The molecule has 0 aliphatic heterocycles. The normalized spacial score (nSPS) is 11.2. The molecule has 374 valence electrons. The number of para-hydroxylation sites is 3. The van der Waals surface area contributed by atoms with E-state index >= 15 is 0 Å². The first-order valence-corrected chi connectivity index (χ1v) is 24.6. The summed E-state index contributed by atoms with van der Waals surface area (Å²) in [6, 6.07) is 62.6. The molecule has 0 spiro atoms. The Balaban J connectivity index is 0.00000230. The molecule has 12 rings (SSSR count). The number of nitrogens with zero attached hydrogens (tertiary/aromatic N) is 9. The zero-order valence-corrected chi connectivity index (χ0v) is 45.8. The van der Waals surface area contributed by atoms with Crippen LogP contribution in [0, 0.1) is 13.8 Å². The highest BCUT2D eigenvalue weighted by Gasteiger charge is 2.29. The molecule has 0 unspecified atom stereocenters. The van der Waals surface area contributed by atoms with Crippen LogP contribution in [0.25, 0.3) is 106 Å². The van der Waals surface area contributed by atoms with Crippen molar-refractivity contribution in [2.24, 2.45) is 0 Å². The minimum absolute atomic E-state index is 0. The molecule has 3 heterocycles. The Morgan fingerprint density at radius 1 is 0.347 bits per heavy atom. The molecule has 0 radical (unpaired) electrons. The van der Waals surface area contributed by atoms with Crippen LogP contribution in [-0.4, -0.2) is 57.2 Å². The SMILES string of the molecule is Cc1cc2nc3cc(-c4cc5c(cc4C)nc4cc(-c6ccc7nc8ccc(N(C)C)cc8[n+](-c8ccccc8)c7c6)c(N(C)C)cc4[n+]5-c4ccccc4)c(N(C)C)cc3[n+](-c3ccccc3)c2cc1Cl.[Cl-].[Cl-].[Cl-].